The van der Waals surface area contributed by atoms with Gasteiger partial charge in [0.25, 0.3) is 0 Å². The molecule has 0 aromatic heterocycles. The largest absolute Gasteiger partial charge is 0.508 e. The van der Waals surface area contributed by atoms with E-state index >= 15 is 0 Å². The van der Waals surface area contributed by atoms with E-state index in [1.54, 1.807) is 34.1 Å². The molecule has 4 aliphatic heterocycles. The second-order valence-electron chi connectivity index (χ2n) is 23.9. The van der Waals surface area contributed by atoms with E-state index in [0.717, 1.165) is 66.3 Å². The smallest absolute Gasteiger partial charge is 0.246 e. The normalized spacial score (nSPS) is 26.4. The van der Waals surface area contributed by atoms with Gasteiger partial charge in [-0.05, 0) is 132 Å². The third-order valence-corrected chi connectivity index (χ3v) is 17.7. The molecule has 4 aromatic carbocycles. The van der Waals surface area contributed by atoms with Gasteiger partial charge in [-0.15, -0.1) is 0 Å². The molecule has 2 fully saturated rings. The van der Waals surface area contributed by atoms with E-state index in [4.69, 9.17) is 0 Å². The first-order valence-corrected chi connectivity index (χ1v) is 27.9. The van der Waals surface area contributed by atoms with Gasteiger partial charge in [0.15, 0.2) is 0 Å². The van der Waals surface area contributed by atoms with Gasteiger partial charge in [0, 0.05) is 30.2 Å². The summed E-state index contributed by atoms with van der Waals surface area (Å²) in [5.74, 6) is -1.41. The number of aromatic hydroxyl groups is 2. The highest BCUT2D eigenvalue weighted by atomic mass is 16.3. The highest BCUT2D eigenvalue weighted by Crippen LogP contribution is 2.53. The monoisotopic (exact) mass is 1030 g/mol. The van der Waals surface area contributed by atoms with Crippen molar-refractivity contribution in [1.82, 2.24) is 31.1 Å². The van der Waals surface area contributed by atoms with E-state index in [9.17, 15) is 39.0 Å². The molecule has 4 aromatic rings. The van der Waals surface area contributed by atoms with E-state index in [-0.39, 0.29) is 89.7 Å². The summed E-state index contributed by atoms with van der Waals surface area (Å²) < 4.78 is 0. The number of fused-ring (bicyclic) bond motifs is 8. The molecule has 10 atom stereocenters. The van der Waals surface area contributed by atoms with Crippen LogP contribution in [-0.4, -0.2) is 79.6 Å². The van der Waals surface area contributed by atoms with Gasteiger partial charge >= 0.3 is 0 Å². The molecule has 0 radical (unpaired) electrons. The highest BCUT2D eigenvalue weighted by molar-refractivity contribution is 5.96. The minimum atomic E-state index is -0.804. The fraction of sp³-hybridized carbons (Fsp3) is 0.516. The molecule has 76 heavy (non-hydrogen) atoms. The summed E-state index contributed by atoms with van der Waals surface area (Å²) in [6.07, 6.45) is 8.75. The van der Waals surface area contributed by atoms with E-state index < -0.39 is 41.0 Å². The summed E-state index contributed by atoms with van der Waals surface area (Å²) in [6.45, 7) is 15.7. The van der Waals surface area contributed by atoms with Crippen molar-refractivity contribution in [2.45, 2.75) is 181 Å². The van der Waals surface area contributed by atoms with Gasteiger partial charge in [0.2, 0.25) is 35.4 Å². The van der Waals surface area contributed by atoms with Gasteiger partial charge < -0.3 is 41.3 Å². The van der Waals surface area contributed by atoms with Gasteiger partial charge in [-0.3, -0.25) is 28.8 Å². The van der Waals surface area contributed by atoms with Crippen molar-refractivity contribution in [3.8, 4) is 11.5 Å². The number of aryl methyl sites for hydroxylation is 2. The predicted molar refractivity (Wildman–Crippen MR) is 290 cm³/mol. The second kappa shape index (κ2) is 21.7. The Labute approximate surface area is 448 Å². The average molecular weight is 1040 g/mol. The number of hydrogen-bond acceptors (Lipinski definition) is 8. The number of nitrogens with zero attached hydrogens (tertiary/aromatic N) is 2. The number of amides is 6. The maximum atomic E-state index is 14.2. The molecule has 2 aliphatic carbocycles. The van der Waals surface area contributed by atoms with Gasteiger partial charge in [-0.1, -0.05) is 122 Å². The van der Waals surface area contributed by atoms with Crippen LogP contribution in [0.4, 0.5) is 0 Å². The van der Waals surface area contributed by atoms with Crippen molar-refractivity contribution in [3.63, 3.8) is 0 Å². The zero-order chi connectivity index (χ0) is 54.4. The van der Waals surface area contributed by atoms with Crippen LogP contribution in [0.5, 0.6) is 11.5 Å². The standard InChI is InChI=1S/2C31H39N3O4/c1-5-18(2)28(36)33-23-16-20-12-9-15-25(35)26(20)24-17-31(3,4)27(34(24)30(23)38)29(37)32-22-14-8-11-19-10-6-7-13-21(19)22;1-5-18(2)28(36)33-25-16-20-15-21(35)13-14-23(20)26-17-31(3,4)27(34(26)30(25)38)29(37)32-24-12-8-10-19-9-6-7-11-22(19)24/h6-7,9-10,12-13,15,18,22-24,27,35H,5,8,11,14,16-17H2,1-4H3,(H,32,37)(H,33,36);6-7,9,11,13-15,18,24-27,35H,5,8,10,12,16-17H2,1-4H3,(H,32,37)(H,33,36)/t18-,22-,23+,24-,27?;18-,24-,25+,26-,27?/m11/s1. The Hall–Kier alpha value is -6.70. The zero-order valence-corrected chi connectivity index (χ0v) is 45.6. The Kier molecular flexibility index (Phi) is 15.5. The van der Waals surface area contributed by atoms with Crippen LogP contribution in [0.3, 0.4) is 0 Å². The second-order valence-corrected chi connectivity index (χ2v) is 23.9. The molecule has 14 heteroatoms. The lowest BCUT2D eigenvalue weighted by atomic mass is 9.80. The lowest BCUT2D eigenvalue weighted by Crippen LogP contribution is -2.57. The van der Waals surface area contributed by atoms with Gasteiger partial charge in [0.1, 0.15) is 35.7 Å². The van der Waals surface area contributed by atoms with Crippen LogP contribution in [0.15, 0.2) is 84.9 Å². The quantitative estimate of drug-likeness (QED) is 0.0907. The molecule has 404 valence electrons. The van der Waals surface area contributed by atoms with Gasteiger partial charge in [0.05, 0.1) is 24.2 Å². The third-order valence-electron chi connectivity index (χ3n) is 17.7. The minimum absolute atomic E-state index is 0.0884. The molecule has 2 unspecified atom stereocenters. The molecule has 0 bridgehead atoms. The Morgan fingerprint density at radius 2 is 1.03 bits per heavy atom. The van der Waals surface area contributed by atoms with Crippen molar-refractivity contribution in [1.29, 1.82) is 0 Å². The molecular weight excluding hydrogens is 957 g/mol. The summed E-state index contributed by atoms with van der Waals surface area (Å²) in [5.41, 5.74) is 7.07. The summed E-state index contributed by atoms with van der Waals surface area (Å²) in [6, 6.07) is 23.0. The Balaban J connectivity index is 0.000000186. The Morgan fingerprint density at radius 1 is 0.566 bits per heavy atom. The fourth-order valence-corrected chi connectivity index (χ4v) is 13.3. The number of hydrogen-bond donors (Lipinski definition) is 6. The number of nitrogens with one attached hydrogen (secondary N) is 4. The molecule has 2 saturated heterocycles. The molecule has 10 rings (SSSR count). The van der Waals surface area contributed by atoms with Crippen molar-refractivity contribution < 1.29 is 39.0 Å². The summed E-state index contributed by atoms with van der Waals surface area (Å²) in [4.78, 5) is 85.7. The zero-order valence-electron chi connectivity index (χ0n) is 45.6. The van der Waals surface area contributed by atoms with Gasteiger partial charge in [-0.2, -0.15) is 0 Å². The molecular formula is C62H78N6O8. The summed E-state index contributed by atoms with van der Waals surface area (Å²) in [7, 11) is 0. The molecule has 0 saturated carbocycles. The molecule has 14 nitrogen and oxygen atoms in total. The minimum Gasteiger partial charge on any atom is -0.508 e. The lowest BCUT2D eigenvalue weighted by molar-refractivity contribution is -0.145. The first-order chi connectivity index (χ1) is 36.2. The van der Waals surface area contributed by atoms with E-state index in [1.165, 1.54) is 11.1 Å². The van der Waals surface area contributed by atoms with Crippen LogP contribution in [-0.2, 0) is 54.5 Å². The number of carbonyl (C=O) groups is 6. The maximum Gasteiger partial charge on any atom is 0.246 e. The number of phenols is 2. The third kappa shape index (κ3) is 10.4. The summed E-state index contributed by atoms with van der Waals surface area (Å²) >= 11 is 0. The lowest BCUT2D eigenvalue weighted by Gasteiger charge is -2.36. The topological polar surface area (TPSA) is 197 Å². The average Bonchev–Trinajstić information content (AvgIpc) is 3.77. The Morgan fingerprint density at radius 3 is 1.54 bits per heavy atom. The van der Waals surface area contributed by atoms with E-state index in [0.29, 0.717) is 31.2 Å². The first kappa shape index (κ1) is 54.1. The maximum absolute atomic E-state index is 14.2. The molecule has 6 N–H and O–H groups in total. The number of rotatable bonds is 10. The molecule has 6 aliphatic rings. The molecule has 0 spiro atoms. The molecule has 6 amide bonds. The van der Waals surface area contributed by atoms with Crippen molar-refractivity contribution in [2.24, 2.45) is 22.7 Å². The van der Waals surface area contributed by atoms with Crippen LogP contribution in [0.2, 0.25) is 0 Å². The van der Waals surface area contributed by atoms with Crippen LogP contribution in [0.25, 0.3) is 0 Å². The number of benzene rings is 4. The fourth-order valence-electron chi connectivity index (χ4n) is 13.3. The SMILES string of the molecule is CC[C@@H](C)C(=O)N[C@H]1Cc2cc(O)ccc2[C@H]2CC(C)(C)C(C(=O)N[C@@H]3CCCc4ccccc43)N2C1=O.CC[C@@H](C)C(=O)N[C@H]1Cc2cccc(O)c2[C@H]2CC(C)(C)C(C(=O)N[C@@H]3CCCc4ccccc43)N2C1=O. The predicted octanol–water partition coefficient (Wildman–Crippen LogP) is 8.68. The van der Waals surface area contributed by atoms with Crippen molar-refractivity contribution >= 4 is 35.4 Å². The summed E-state index contributed by atoms with van der Waals surface area (Å²) in [5, 5.41) is 33.7. The Bertz CT molecular complexity index is 2870. The van der Waals surface area contributed by atoms with Crippen LogP contribution in [0.1, 0.15) is 175 Å². The van der Waals surface area contributed by atoms with Crippen LogP contribution in [0, 0.1) is 22.7 Å². The highest BCUT2D eigenvalue weighted by Gasteiger charge is 2.57. The number of phenolic OH excluding ortho intramolecular Hbond substituents is 2. The van der Waals surface area contributed by atoms with E-state index in [1.807, 2.05) is 91.8 Å². The van der Waals surface area contributed by atoms with Gasteiger partial charge in [-0.25, -0.2) is 0 Å². The molecule has 4 heterocycles. The van der Waals surface area contributed by atoms with Crippen LogP contribution >= 0.6 is 0 Å². The first-order valence-electron chi connectivity index (χ1n) is 27.9. The number of carbonyl (C=O) groups excluding carboxylic acids is 6. The van der Waals surface area contributed by atoms with Crippen molar-refractivity contribution in [2.75, 3.05) is 0 Å². The van der Waals surface area contributed by atoms with E-state index in [2.05, 4.69) is 45.5 Å². The van der Waals surface area contributed by atoms with Crippen molar-refractivity contribution in [3.05, 3.63) is 129 Å². The van der Waals surface area contributed by atoms with Crippen LogP contribution < -0.4 is 21.3 Å².